The predicted octanol–water partition coefficient (Wildman–Crippen LogP) is 5.48. The highest BCUT2D eigenvalue weighted by Gasteiger charge is 2.27. The Morgan fingerprint density at radius 1 is 1.25 bits per heavy atom. The summed E-state index contributed by atoms with van der Waals surface area (Å²) in [5, 5.41) is 6.04. The third-order valence-corrected chi connectivity index (χ3v) is 5.46. The molecule has 1 unspecified atom stereocenters. The van der Waals surface area contributed by atoms with Gasteiger partial charge in [0.2, 0.25) is 0 Å². The van der Waals surface area contributed by atoms with E-state index in [1.165, 1.54) is 17.8 Å². The molecule has 0 saturated heterocycles. The zero-order valence-corrected chi connectivity index (χ0v) is 15.3. The average molecular weight is 385 g/mol. The highest BCUT2D eigenvalue weighted by atomic mass is 35.5. The minimum atomic E-state index is -0.730. The number of nitrogens with zero attached hydrogens (tertiary/aromatic N) is 1. The van der Waals surface area contributed by atoms with Crippen LogP contribution in [0.3, 0.4) is 0 Å². The Hall–Kier alpha value is -1.14. The maximum atomic E-state index is 12.7. The second-order valence-corrected chi connectivity index (χ2v) is 7.49. The van der Waals surface area contributed by atoms with Crippen LogP contribution in [-0.2, 0) is 9.53 Å². The molecule has 1 aromatic carbocycles. The molecule has 1 heterocycles. The molecule has 24 heavy (non-hydrogen) atoms. The molecule has 1 saturated carbocycles. The Balaban J connectivity index is 1.81. The molecule has 0 radical (unpaired) electrons. The van der Waals surface area contributed by atoms with Gasteiger partial charge in [-0.1, -0.05) is 48.5 Å². The first-order valence-corrected chi connectivity index (χ1v) is 9.58. The summed E-state index contributed by atoms with van der Waals surface area (Å²) in [6.07, 6.45) is 6.44. The fraction of sp³-hybridized carbons (Fsp3) is 0.412. The first kappa shape index (κ1) is 17.7. The molecular formula is C17H18Cl2N2O2S. The van der Waals surface area contributed by atoms with Crippen LogP contribution in [-0.4, -0.2) is 17.0 Å². The second kappa shape index (κ2) is 8.30. The molecule has 0 spiro atoms. The van der Waals surface area contributed by atoms with Crippen LogP contribution < -0.4 is 5.32 Å². The Labute approximate surface area is 155 Å². The van der Waals surface area contributed by atoms with Crippen LogP contribution in [0.15, 0.2) is 29.8 Å². The van der Waals surface area contributed by atoms with Crippen molar-refractivity contribution in [1.29, 1.82) is 0 Å². The lowest BCUT2D eigenvalue weighted by Gasteiger charge is -2.27. The Morgan fingerprint density at radius 2 is 2.04 bits per heavy atom. The number of thiazole rings is 1. The van der Waals surface area contributed by atoms with Crippen molar-refractivity contribution in [2.45, 2.75) is 44.3 Å². The van der Waals surface area contributed by atoms with Gasteiger partial charge < -0.3 is 4.74 Å². The lowest BCUT2D eigenvalue weighted by molar-refractivity contribution is -0.133. The summed E-state index contributed by atoms with van der Waals surface area (Å²) in [5.74, 6) is -0.242. The zero-order chi connectivity index (χ0) is 16.9. The minimum Gasteiger partial charge on any atom is -0.360 e. The van der Waals surface area contributed by atoms with Gasteiger partial charge in [-0.2, -0.15) is 0 Å². The Bertz CT molecular complexity index is 688. The van der Waals surface area contributed by atoms with E-state index in [-0.39, 0.29) is 12.0 Å². The molecule has 1 N–H and O–H groups in total. The minimum absolute atomic E-state index is 0.0836. The topological polar surface area (TPSA) is 51.2 Å². The van der Waals surface area contributed by atoms with Crippen molar-refractivity contribution >= 4 is 45.6 Å². The molecule has 128 valence electrons. The standard InChI is InChI=1S/C17H18Cl2N2O2S/c18-13-7-6-11(10-14(13)19)15(23-12-4-2-1-3-5-12)16(22)21-17-20-8-9-24-17/h6-10,12,15H,1-5H2,(H,20,21,22). The summed E-state index contributed by atoms with van der Waals surface area (Å²) < 4.78 is 6.15. The van der Waals surface area contributed by atoms with E-state index in [9.17, 15) is 4.79 Å². The second-order valence-electron chi connectivity index (χ2n) is 5.78. The van der Waals surface area contributed by atoms with E-state index in [1.54, 1.807) is 24.4 Å². The molecule has 0 bridgehead atoms. The molecule has 1 atom stereocenters. The number of ether oxygens (including phenoxy) is 1. The first-order chi connectivity index (χ1) is 11.6. The van der Waals surface area contributed by atoms with Crippen LogP contribution >= 0.6 is 34.5 Å². The molecule has 2 aromatic rings. The van der Waals surface area contributed by atoms with Crippen molar-refractivity contribution < 1.29 is 9.53 Å². The van der Waals surface area contributed by atoms with Gasteiger partial charge in [0, 0.05) is 11.6 Å². The van der Waals surface area contributed by atoms with Crippen molar-refractivity contribution in [1.82, 2.24) is 4.98 Å². The molecule has 3 rings (SSSR count). The van der Waals surface area contributed by atoms with Gasteiger partial charge in [-0.15, -0.1) is 11.3 Å². The molecule has 7 heteroatoms. The maximum absolute atomic E-state index is 12.7. The van der Waals surface area contributed by atoms with Crippen molar-refractivity contribution in [3.8, 4) is 0 Å². The lowest BCUT2D eigenvalue weighted by Crippen LogP contribution is -2.28. The molecule has 1 fully saturated rings. The summed E-state index contributed by atoms with van der Waals surface area (Å²) in [5.41, 5.74) is 0.698. The van der Waals surface area contributed by atoms with Crippen molar-refractivity contribution in [2.24, 2.45) is 0 Å². The lowest BCUT2D eigenvalue weighted by atomic mass is 9.97. The molecule has 1 aliphatic carbocycles. The van der Waals surface area contributed by atoms with Crippen molar-refractivity contribution in [3.05, 3.63) is 45.4 Å². The van der Waals surface area contributed by atoms with Gasteiger partial charge in [0.25, 0.3) is 5.91 Å². The fourth-order valence-corrected chi connectivity index (χ4v) is 3.66. The van der Waals surface area contributed by atoms with Gasteiger partial charge in [0.1, 0.15) is 0 Å². The molecule has 1 amide bonds. The Kier molecular flexibility index (Phi) is 6.11. The number of hydrogen-bond donors (Lipinski definition) is 1. The van der Waals surface area contributed by atoms with E-state index in [0.717, 1.165) is 25.7 Å². The van der Waals surface area contributed by atoms with E-state index in [4.69, 9.17) is 27.9 Å². The molecule has 1 aliphatic rings. The number of aromatic nitrogens is 1. The monoisotopic (exact) mass is 384 g/mol. The van der Waals surface area contributed by atoms with Crippen LogP contribution in [0, 0.1) is 0 Å². The summed E-state index contributed by atoms with van der Waals surface area (Å²) in [6, 6.07) is 5.16. The van der Waals surface area contributed by atoms with E-state index < -0.39 is 6.10 Å². The summed E-state index contributed by atoms with van der Waals surface area (Å²) >= 11 is 13.5. The molecular weight excluding hydrogens is 367 g/mol. The van der Waals surface area contributed by atoms with Gasteiger partial charge in [-0.3, -0.25) is 10.1 Å². The summed E-state index contributed by atoms with van der Waals surface area (Å²) in [4.78, 5) is 16.8. The molecule has 0 aliphatic heterocycles. The Morgan fingerprint density at radius 3 is 2.71 bits per heavy atom. The van der Waals surface area contributed by atoms with Crippen molar-refractivity contribution in [2.75, 3.05) is 5.32 Å². The molecule has 4 nitrogen and oxygen atoms in total. The quantitative estimate of drug-likeness (QED) is 0.742. The number of benzene rings is 1. The smallest absolute Gasteiger partial charge is 0.259 e. The fourth-order valence-electron chi connectivity index (χ4n) is 2.82. The highest BCUT2D eigenvalue weighted by Crippen LogP contribution is 2.31. The number of nitrogens with one attached hydrogen (secondary N) is 1. The zero-order valence-electron chi connectivity index (χ0n) is 13.0. The van der Waals surface area contributed by atoms with Gasteiger partial charge in [-0.05, 0) is 30.5 Å². The SMILES string of the molecule is O=C(Nc1nccs1)C(OC1CCCCC1)c1ccc(Cl)c(Cl)c1. The molecule has 1 aromatic heterocycles. The van der Waals surface area contributed by atoms with Crippen LogP contribution in [0.5, 0.6) is 0 Å². The number of halogens is 2. The number of carbonyl (C=O) groups is 1. The van der Waals surface area contributed by atoms with Gasteiger partial charge in [-0.25, -0.2) is 4.98 Å². The van der Waals surface area contributed by atoms with E-state index in [2.05, 4.69) is 10.3 Å². The summed E-state index contributed by atoms with van der Waals surface area (Å²) in [6.45, 7) is 0. The maximum Gasteiger partial charge on any atom is 0.259 e. The number of carbonyl (C=O) groups excluding carboxylic acids is 1. The average Bonchev–Trinajstić information content (AvgIpc) is 3.09. The van der Waals surface area contributed by atoms with Crippen LogP contribution in [0.2, 0.25) is 10.0 Å². The normalized spacial score (nSPS) is 16.8. The number of amides is 1. The van der Waals surface area contributed by atoms with E-state index in [0.29, 0.717) is 20.7 Å². The predicted molar refractivity (Wildman–Crippen MR) is 97.9 cm³/mol. The largest absolute Gasteiger partial charge is 0.360 e. The van der Waals surface area contributed by atoms with Crippen LogP contribution in [0.25, 0.3) is 0 Å². The third kappa shape index (κ3) is 4.48. The van der Waals surface area contributed by atoms with Crippen LogP contribution in [0.4, 0.5) is 5.13 Å². The number of hydrogen-bond acceptors (Lipinski definition) is 4. The van der Waals surface area contributed by atoms with Crippen molar-refractivity contribution in [3.63, 3.8) is 0 Å². The van der Waals surface area contributed by atoms with Gasteiger partial charge >= 0.3 is 0 Å². The van der Waals surface area contributed by atoms with Gasteiger partial charge in [0.05, 0.1) is 16.1 Å². The van der Waals surface area contributed by atoms with E-state index in [1.807, 2.05) is 5.38 Å². The highest BCUT2D eigenvalue weighted by molar-refractivity contribution is 7.13. The third-order valence-electron chi connectivity index (χ3n) is 4.03. The summed E-state index contributed by atoms with van der Waals surface area (Å²) in [7, 11) is 0. The van der Waals surface area contributed by atoms with E-state index >= 15 is 0 Å². The first-order valence-electron chi connectivity index (χ1n) is 7.94. The number of rotatable bonds is 5. The van der Waals surface area contributed by atoms with Crippen LogP contribution in [0.1, 0.15) is 43.8 Å². The van der Waals surface area contributed by atoms with Gasteiger partial charge in [0.15, 0.2) is 11.2 Å². The number of anilines is 1.